The molecule has 118 valence electrons. The fraction of sp³-hybridized carbons (Fsp3) is 0.600. The minimum Gasteiger partial charge on any atom is -0.388 e. The van der Waals surface area contributed by atoms with Crippen LogP contribution in [0, 0.1) is 12.8 Å². The van der Waals surface area contributed by atoms with Crippen molar-refractivity contribution < 1.29 is 13.5 Å². The van der Waals surface area contributed by atoms with Gasteiger partial charge in [0, 0.05) is 17.6 Å². The van der Waals surface area contributed by atoms with E-state index in [0.717, 1.165) is 28.4 Å². The lowest BCUT2D eigenvalue weighted by molar-refractivity contribution is 0.122. The van der Waals surface area contributed by atoms with E-state index < -0.39 is 16.1 Å². The summed E-state index contributed by atoms with van der Waals surface area (Å²) in [7, 11) is -3.13. The van der Waals surface area contributed by atoms with Crippen molar-refractivity contribution in [3.05, 3.63) is 33.8 Å². The molecule has 1 fully saturated rings. The number of rotatable bonds is 4. The second-order valence-corrected chi connectivity index (χ2v) is 8.84. The first kappa shape index (κ1) is 16.9. The molecule has 0 aliphatic carbocycles. The number of sulfonamides is 1. The second kappa shape index (κ2) is 6.77. The van der Waals surface area contributed by atoms with Crippen LogP contribution in [0.2, 0.25) is 0 Å². The molecule has 1 aromatic carbocycles. The van der Waals surface area contributed by atoms with E-state index in [9.17, 15) is 13.5 Å². The van der Waals surface area contributed by atoms with Gasteiger partial charge in [-0.1, -0.05) is 22.0 Å². The summed E-state index contributed by atoms with van der Waals surface area (Å²) in [6.07, 6.45) is 3.13. The zero-order valence-corrected chi connectivity index (χ0v) is 14.8. The molecule has 2 atom stereocenters. The van der Waals surface area contributed by atoms with E-state index in [2.05, 4.69) is 15.9 Å². The van der Waals surface area contributed by atoms with Crippen LogP contribution >= 0.6 is 15.9 Å². The molecule has 1 N–H and O–H groups in total. The van der Waals surface area contributed by atoms with Crippen LogP contribution in [0.1, 0.15) is 36.5 Å². The van der Waals surface area contributed by atoms with Gasteiger partial charge in [-0.2, -0.15) is 0 Å². The standard InChI is InChI=1S/C15H22BrNO3S/c1-11-6-13(9-14(16)7-11)15(18)8-12-4-3-5-17(10-12)21(2,19)20/h6-7,9,12,15,18H,3-5,8,10H2,1-2H3. The lowest BCUT2D eigenvalue weighted by Crippen LogP contribution is -2.39. The van der Waals surface area contributed by atoms with Crippen LogP contribution in [0.25, 0.3) is 0 Å². The van der Waals surface area contributed by atoms with Crippen LogP contribution in [0.15, 0.2) is 22.7 Å². The maximum Gasteiger partial charge on any atom is 0.211 e. The topological polar surface area (TPSA) is 57.6 Å². The average Bonchev–Trinajstić information content (AvgIpc) is 2.37. The predicted octanol–water partition coefficient (Wildman–Crippen LogP) is 2.85. The van der Waals surface area contributed by atoms with Crippen LogP contribution < -0.4 is 0 Å². The summed E-state index contributed by atoms with van der Waals surface area (Å²) in [5, 5.41) is 10.4. The maximum atomic E-state index is 11.6. The number of aliphatic hydroxyl groups is 1. The summed E-state index contributed by atoms with van der Waals surface area (Å²) in [4.78, 5) is 0. The fourth-order valence-corrected chi connectivity index (χ4v) is 4.50. The van der Waals surface area contributed by atoms with Gasteiger partial charge in [-0.3, -0.25) is 0 Å². The summed E-state index contributed by atoms with van der Waals surface area (Å²) >= 11 is 3.44. The van der Waals surface area contributed by atoms with Crippen LogP contribution in [-0.4, -0.2) is 37.2 Å². The highest BCUT2D eigenvalue weighted by Gasteiger charge is 2.27. The van der Waals surface area contributed by atoms with Gasteiger partial charge in [-0.25, -0.2) is 12.7 Å². The van der Waals surface area contributed by atoms with Crippen LogP contribution in [0.5, 0.6) is 0 Å². The van der Waals surface area contributed by atoms with Crippen molar-refractivity contribution in [2.24, 2.45) is 5.92 Å². The van der Waals surface area contributed by atoms with Gasteiger partial charge in [-0.15, -0.1) is 0 Å². The highest BCUT2D eigenvalue weighted by atomic mass is 79.9. The molecule has 1 aromatic rings. The minimum atomic E-state index is -3.13. The monoisotopic (exact) mass is 375 g/mol. The molecule has 1 aliphatic rings. The average molecular weight is 376 g/mol. The van der Waals surface area contributed by atoms with Gasteiger partial charge >= 0.3 is 0 Å². The van der Waals surface area contributed by atoms with Crippen LogP contribution in [-0.2, 0) is 10.0 Å². The second-order valence-electron chi connectivity index (χ2n) is 5.94. The van der Waals surface area contributed by atoms with Gasteiger partial charge in [0.2, 0.25) is 10.0 Å². The third kappa shape index (κ3) is 4.77. The number of aliphatic hydroxyl groups excluding tert-OH is 1. The highest BCUT2D eigenvalue weighted by Crippen LogP contribution is 2.30. The van der Waals surface area contributed by atoms with Gasteiger partial charge in [0.25, 0.3) is 0 Å². The molecule has 2 rings (SSSR count). The van der Waals surface area contributed by atoms with E-state index in [0.29, 0.717) is 19.5 Å². The van der Waals surface area contributed by atoms with E-state index in [1.54, 1.807) is 0 Å². The third-order valence-corrected chi connectivity index (χ3v) is 5.68. The van der Waals surface area contributed by atoms with Gasteiger partial charge < -0.3 is 5.11 Å². The zero-order valence-electron chi connectivity index (χ0n) is 12.4. The minimum absolute atomic E-state index is 0.211. The molecule has 0 aromatic heterocycles. The Bertz CT molecular complexity index is 583. The number of nitrogens with zero attached hydrogens (tertiary/aromatic N) is 1. The molecule has 4 nitrogen and oxygen atoms in total. The summed E-state index contributed by atoms with van der Waals surface area (Å²) in [6, 6.07) is 5.91. The molecular formula is C15H22BrNO3S. The summed E-state index contributed by atoms with van der Waals surface area (Å²) in [5.74, 6) is 0.211. The summed E-state index contributed by atoms with van der Waals surface area (Å²) < 4.78 is 25.8. The number of benzene rings is 1. The van der Waals surface area contributed by atoms with E-state index in [1.807, 2.05) is 25.1 Å². The van der Waals surface area contributed by atoms with Gasteiger partial charge in [0.1, 0.15) is 0 Å². The van der Waals surface area contributed by atoms with E-state index in [-0.39, 0.29) is 5.92 Å². The normalized spacial score (nSPS) is 22.2. The lowest BCUT2D eigenvalue weighted by atomic mass is 9.90. The Morgan fingerprint density at radius 1 is 1.43 bits per heavy atom. The van der Waals surface area contributed by atoms with Gasteiger partial charge in [0.05, 0.1) is 12.4 Å². The molecule has 1 heterocycles. The molecule has 21 heavy (non-hydrogen) atoms. The van der Waals surface area contributed by atoms with Crippen molar-refractivity contribution in [3.63, 3.8) is 0 Å². The van der Waals surface area contributed by atoms with Gasteiger partial charge in [-0.05, 0) is 55.4 Å². The van der Waals surface area contributed by atoms with Crippen LogP contribution in [0.3, 0.4) is 0 Å². The third-order valence-electron chi connectivity index (χ3n) is 3.96. The van der Waals surface area contributed by atoms with Crippen molar-refractivity contribution in [2.45, 2.75) is 32.3 Å². The largest absolute Gasteiger partial charge is 0.388 e. The summed E-state index contributed by atoms with van der Waals surface area (Å²) in [6.45, 7) is 3.11. The SMILES string of the molecule is Cc1cc(Br)cc(C(O)CC2CCCN(S(C)(=O)=O)C2)c1. The molecule has 0 saturated carbocycles. The van der Waals surface area contributed by atoms with Crippen molar-refractivity contribution in [2.75, 3.05) is 19.3 Å². The number of hydrogen-bond acceptors (Lipinski definition) is 3. The van der Waals surface area contributed by atoms with Crippen molar-refractivity contribution in [3.8, 4) is 0 Å². The molecular weight excluding hydrogens is 354 g/mol. The van der Waals surface area contributed by atoms with E-state index in [1.165, 1.54) is 10.6 Å². The predicted molar refractivity (Wildman–Crippen MR) is 87.6 cm³/mol. The van der Waals surface area contributed by atoms with Gasteiger partial charge in [0.15, 0.2) is 0 Å². The molecule has 0 radical (unpaired) electrons. The van der Waals surface area contributed by atoms with Crippen molar-refractivity contribution >= 4 is 26.0 Å². The molecule has 0 spiro atoms. The van der Waals surface area contributed by atoms with Crippen LogP contribution in [0.4, 0.5) is 0 Å². The zero-order chi connectivity index (χ0) is 15.6. The van der Waals surface area contributed by atoms with Crippen molar-refractivity contribution in [1.82, 2.24) is 4.31 Å². The molecule has 1 saturated heterocycles. The first-order valence-corrected chi connectivity index (χ1v) is 9.80. The Hall–Kier alpha value is -0.430. The summed E-state index contributed by atoms with van der Waals surface area (Å²) in [5.41, 5.74) is 1.98. The highest BCUT2D eigenvalue weighted by molar-refractivity contribution is 9.10. The molecule has 0 amide bonds. The molecule has 1 aliphatic heterocycles. The van der Waals surface area contributed by atoms with E-state index in [4.69, 9.17) is 0 Å². The quantitative estimate of drug-likeness (QED) is 0.879. The molecule has 0 bridgehead atoms. The number of aryl methyl sites for hydroxylation is 1. The molecule has 6 heteroatoms. The Morgan fingerprint density at radius 2 is 2.14 bits per heavy atom. The Labute approximate surface area is 135 Å². The fourth-order valence-electron chi connectivity index (χ4n) is 2.93. The Morgan fingerprint density at radius 3 is 2.76 bits per heavy atom. The number of piperidine rings is 1. The number of halogens is 1. The van der Waals surface area contributed by atoms with Crippen molar-refractivity contribution in [1.29, 1.82) is 0 Å². The number of hydrogen-bond donors (Lipinski definition) is 1. The Balaban J connectivity index is 2.03. The maximum absolute atomic E-state index is 11.6. The first-order chi connectivity index (χ1) is 9.75. The Kier molecular flexibility index (Phi) is 5.46. The first-order valence-electron chi connectivity index (χ1n) is 7.16. The lowest BCUT2D eigenvalue weighted by Gasteiger charge is -2.32. The smallest absolute Gasteiger partial charge is 0.211 e. The van der Waals surface area contributed by atoms with E-state index >= 15 is 0 Å². The molecule has 2 unspecified atom stereocenters.